The van der Waals surface area contributed by atoms with Crippen LogP contribution in [0.25, 0.3) is 16.9 Å². The van der Waals surface area contributed by atoms with Crippen LogP contribution < -0.4 is 16.0 Å². The van der Waals surface area contributed by atoms with Crippen LogP contribution >= 0.6 is 0 Å². The Kier molecular flexibility index (Phi) is 7.36. The summed E-state index contributed by atoms with van der Waals surface area (Å²) < 4.78 is 21.3. The van der Waals surface area contributed by atoms with E-state index in [9.17, 15) is 19.6 Å². The molecule has 1 saturated carbocycles. The number of rotatable bonds is 10. The molecule has 1 fully saturated rings. The van der Waals surface area contributed by atoms with Crippen molar-refractivity contribution in [3.8, 4) is 17.5 Å². The summed E-state index contributed by atoms with van der Waals surface area (Å²) >= 11 is 0. The van der Waals surface area contributed by atoms with Crippen LogP contribution in [0.15, 0.2) is 41.1 Å². The molecule has 4 aromatic rings. The number of nitriles is 1. The molecule has 1 aliphatic carbocycles. The van der Waals surface area contributed by atoms with Gasteiger partial charge in [0, 0.05) is 25.7 Å². The fraction of sp³-hybridized carbons (Fsp3) is 0.407. The van der Waals surface area contributed by atoms with E-state index in [4.69, 9.17) is 4.42 Å². The lowest BCUT2D eigenvalue weighted by Crippen LogP contribution is -2.42. The second-order valence-electron chi connectivity index (χ2n) is 10.5. The minimum atomic E-state index is -1.64. The lowest BCUT2D eigenvalue weighted by molar-refractivity contribution is -0.00177. The summed E-state index contributed by atoms with van der Waals surface area (Å²) in [6.07, 6.45) is 2.97. The number of aromatic nitrogens is 5. The van der Waals surface area contributed by atoms with E-state index in [-0.39, 0.29) is 18.2 Å². The molecule has 4 aromatic heterocycles. The normalized spacial score (nSPS) is 17.6. The largest absolute Gasteiger partial charge is 0.408 e. The number of hydrogen-bond donors (Lipinski definition) is 4. The van der Waals surface area contributed by atoms with E-state index in [2.05, 4.69) is 42.3 Å². The number of hydrogen-bond acceptors (Lipinski definition) is 10. The lowest BCUT2D eigenvalue weighted by Gasteiger charge is -2.36. The van der Waals surface area contributed by atoms with Crippen molar-refractivity contribution < 1.29 is 18.7 Å². The van der Waals surface area contributed by atoms with E-state index in [0.29, 0.717) is 47.0 Å². The minimum Gasteiger partial charge on any atom is -0.408 e. The first-order chi connectivity index (χ1) is 19.1. The van der Waals surface area contributed by atoms with Crippen molar-refractivity contribution in [3.05, 3.63) is 53.7 Å². The number of nitrogens with zero attached hydrogens (tertiary/aromatic N) is 6. The summed E-state index contributed by atoms with van der Waals surface area (Å²) in [6.45, 7) is 4.77. The maximum atomic E-state index is 14.3. The molecule has 40 heavy (non-hydrogen) atoms. The number of anilines is 2. The summed E-state index contributed by atoms with van der Waals surface area (Å²) in [6, 6.07) is 9.75. The van der Waals surface area contributed by atoms with E-state index < -0.39 is 17.7 Å². The van der Waals surface area contributed by atoms with Gasteiger partial charge in [-0.1, -0.05) is 5.10 Å². The summed E-state index contributed by atoms with van der Waals surface area (Å²) in [5.41, 5.74) is 1.66. The first-order valence-corrected chi connectivity index (χ1v) is 12.9. The molecule has 0 spiro atoms. The standard InChI is InChI=1S/C27H30FN9O3/c1-15-35-36-26(40-15)32-11-16-6-18(7-16)34-21-9-22(23-5-4-19-8-17(10-29)12-33-37(19)23)30-13-20(21)25(38)31-14-24(28)27(2,3)39/h4-5,8-9,12-13,16,18,24,39H,6-7,11,14H2,1-3H3,(H,30,34)(H,31,38)(H,32,36)/t16?,18?,24-/m1/s1. The Morgan fingerprint density at radius 3 is 2.80 bits per heavy atom. The Bertz CT molecular complexity index is 1560. The van der Waals surface area contributed by atoms with Crippen molar-refractivity contribution in [3.63, 3.8) is 0 Å². The smallest absolute Gasteiger partial charge is 0.315 e. The molecule has 0 radical (unpaired) electrons. The molecule has 1 amide bonds. The average molecular weight is 548 g/mol. The van der Waals surface area contributed by atoms with Gasteiger partial charge in [-0.2, -0.15) is 10.4 Å². The third-order valence-electron chi connectivity index (χ3n) is 6.91. The van der Waals surface area contributed by atoms with Crippen LogP contribution in [-0.2, 0) is 0 Å². The van der Waals surface area contributed by atoms with Gasteiger partial charge in [0.2, 0.25) is 5.89 Å². The molecule has 4 heterocycles. The number of carbonyl (C=O) groups excluding carboxylic acids is 1. The van der Waals surface area contributed by atoms with E-state index in [1.165, 1.54) is 26.2 Å². The Morgan fingerprint density at radius 1 is 1.30 bits per heavy atom. The third kappa shape index (κ3) is 5.86. The maximum absolute atomic E-state index is 14.3. The number of alkyl halides is 1. The number of pyridine rings is 1. The van der Waals surface area contributed by atoms with Crippen LogP contribution in [0.4, 0.5) is 16.1 Å². The van der Waals surface area contributed by atoms with Gasteiger partial charge in [0.1, 0.15) is 12.2 Å². The van der Waals surface area contributed by atoms with Gasteiger partial charge < -0.3 is 25.5 Å². The summed E-state index contributed by atoms with van der Waals surface area (Å²) in [5, 5.41) is 40.3. The molecule has 0 unspecified atom stereocenters. The van der Waals surface area contributed by atoms with E-state index in [1.54, 1.807) is 23.6 Å². The number of aryl methyl sites for hydroxylation is 1. The van der Waals surface area contributed by atoms with Crippen molar-refractivity contribution in [1.29, 1.82) is 5.26 Å². The highest BCUT2D eigenvalue weighted by molar-refractivity contribution is 6.00. The number of amides is 1. The van der Waals surface area contributed by atoms with Crippen molar-refractivity contribution in [1.82, 2.24) is 30.1 Å². The van der Waals surface area contributed by atoms with E-state index in [0.717, 1.165) is 18.4 Å². The SMILES string of the molecule is Cc1nnc(NCC2CC(Nc3cc(-c4ccc5cc(C#N)cnn45)ncc3C(=O)NC[C@@H](F)C(C)(C)O)C2)o1. The topological polar surface area (TPSA) is 166 Å². The van der Waals surface area contributed by atoms with Crippen molar-refractivity contribution in [2.75, 3.05) is 23.7 Å². The zero-order chi connectivity index (χ0) is 28.4. The van der Waals surface area contributed by atoms with Crippen molar-refractivity contribution >= 4 is 23.1 Å². The maximum Gasteiger partial charge on any atom is 0.315 e. The molecular weight excluding hydrogens is 517 g/mol. The highest BCUT2D eigenvalue weighted by Gasteiger charge is 2.31. The Hall–Kier alpha value is -4.57. The molecular formula is C27H30FN9O3. The van der Waals surface area contributed by atoms with Gasteiger partial charge in [0.25, 0.3) is 5.91 Å². The van der Waals surface area contributed by atoms with Gasteiger partial charge in [-0.15, -0.1) is 5.10 Å². The van der Waals surface area contributed by atoms with Gasteiger partial charge in [0.05, 0.1) is 52.1 Å². The number of carbonyl (C=O) groups is 1. The van der Waals surface area contributed by atoms with Crippen LogP contribution in [0.2, 0.25) is 0 Å². The molecule has 13 heteroatoms. The van der Waals surface area contributed by atoms with E-state index in [1.807, 2.05) is 12.1 Å². The second-order valence-corrected chi connectivity index (χ2v) is 10.5. The van der Waals surface area contributed by atoms with Crippen LogP contribution in [-0.4, -0.2) is 66.7 Å². The monoisotopic (exact) mass is 547 g/mol. The fourth-order valence-corrected chi connectivity index (χ4v) is 4.52. The molecule has 0 aliphatic heterocycles. The molecule has 0 bridgehead atoms. The summed E-state index contributed by atoms with van der Waals surface area (Å²) in [5.74, 6) is 0.359. The fourth-order valence-electron chi connectivity index (χ4n) is 4.52. The molecule has 5 rings (SSSR count). The predicted octanol–water partition coefficient (Wildman–Crippen LogP) is 3.10. The zero-order valence-corrected chi connectivity index (χ0v) is 22.3. The van der Waals surface area contributed by atoms with Crippen LogP contribution in [0.3, 0.4) is 0 Å². The van der Waals surface area contributed by atoms with E-state index >= 15 is 0 Å². The zero-order valence-electron chi connectivity index (χ0n) is 22.3. The number of halogens is 1. The second kappa shape index (κ2) is 10.9. The molecule has 0 aromatic carbocycles. The third-order valence-corrected chi connectivity index (χ3v) is 6.91. The molecule has 1 atom stereocenters. The highest BCUT2D eigenvalue weighted by atomic mass is 19.1. The Morgan fingerprint density at radius 2 is 2.10 bits per heavy atom. The first-order valence-electron chi connectivity index (χ1n) is 12.9. The van der Waals surface area contributed by atoms with Gasteiger partial charge in [-0.3, -0.25) is 9.78 Å². The number of nitrogens with one attached hydrogen (secondary N) is 3. The van der Waals surface area contributed by atoms with Crippen molar-refractivity contribution in [2.45, 2.75) is 51.4 Å². The lowest BCUT2D eigenvalue weighted by atomic mass is 9.80. The van der Waals surface area contributed by atoms with Crippen LogP contribution in [0.5, 0.6) is 0 Å². The highest BCUT2D eigenvalue weighted by Crippen LogP contribution is 2.33. The molecule has 0 saturated heterocycles. The summed E-state index contributed by atoms with van der Waals surface area (Å²) in [7, 11) is 0. The molecule has 208 valence electrons. The van der Waals surface area contributed by atoms with Gasteiger partial charge >= 0.3 is 6.01 Å². The van der Waals surface area contributed by atoms with Crippen LogP contribution in [0.1, 0.15) is 48.5 Å². The van der Waals surface area contributed by atoms with Crippen LogP contribution in [0, 0.1) is 24.2 Å². The van der Waals surface area contributed by atoms with Crippen molar-refractivity contribution in [2.24, 2.45) is 5.92 Å². The molecule has 4 N–H and O–H groups in total. The summed E-state index contributed by atoms with van der Waals surface area (Å²) in [4.78, 5) is 17.6. The van der Waals surface area contributed by atoms with Gasteiger partial charge in [0.15, 0.2) is 0 Å². The quantitative estimate of drug-likeness (QED) is 0.232. The van der Waals surface area contributed by atoms with Gasteiger partial charge in [-0.05, 0) is 56.9 Å². The predicted molar refractivity (Wildman–Crippen MR) is 144 cm³/mol. The Balaban J connectivity index is 1.34. The molecule has 1 aliphatic rings. The Labute approximate surface area is 229 Å². The number of fused-ring (bicyclic) bond motifs is 1. The minimum absolute atomic E-state index is 0.101. The average Bonchev–Trinajstić information content (AvgIpc) is 3.52. The first kappa shape index (κ1) is 27.0. The molecule has 12 nitrogen and oxygen atoms in total. The number of aliphatic hydroxyl groups is 1. The van der Waals surface area contributed by atoms with Gasteiger partial charge in [-0.25, -0.2) is 8.91 Å².